The van der Waals surface area contributed by atoms with Crippen LogP contribution in [0.5, 0.6) is 5.88 Å². The molecule has 8 nitrogen and oxygen atoms in total. The largest absolute Gasteiger partial charge is 0.473 e. The fourth-order valence-corrected chi connectivity index (χ4v) is 4.28. The average Bonchev–Trinajstić information content (AvgIpc) is 2.77. The number of halogens is 1. The lowest BCUT2D eigenvalue weighted by Gasteiger charge is -2.42. The molecule has 0 saturated carbocycles. The molecule has 1 aliphatic heterocycles. The number of hydrogen-bond donors (Lipinski definition) is 1. The lowest BCUT2D eigenvalue weighted by molar-refractivity contribution is -0.0246. The van der Waals surface area contributed by atoms with Crippen LogP contribution < -0.4 is 10.1 Å². The molecule has 1 amide bonds. The topological polar surface area (TPSA) is 100 Å². The van der Waals surface area contributed by atoms with Gasteiger partial charge >= 0.3 is 6.09 Å². The number of rotatable bonds is 5. The summed E-state index contributed by atoms with van der Waals surface area (Å²) in [6.07, 6.45) is 1.90. The fraction of sp³-hybridized carbons (Fsp3) is 0.520. The molecular formula is C25H32ClN5O3. The number of nitrogens with zero attached hydrogens (tertiary/aromatic N) is 4. The summed E-state index contributed by atoms with van der Waals surface area (Å²) in [5.41, 5.74) is 1.34. The predicted octanol–water partition coefficient (Wildman–Crippen LogP) is 5.71. The van der Waals surface area contributed by atoms with Crippen LogP contribution >= 0.6 is 11.6 Å². The molecule has 0 aliphatic carbocycles. The first-order valence-corrected chi connectivity index (χ1v) is 11.8. The molecule has 3 atom stereocenters. The van der Waals surface area contributed by atoms with Crippen molar-refractivity contribution in [3.05, 3.63) is 40.7 Å². The third kappa shape index (κ3) is 6.09. The SMILES string of the molecule is CCC1CN(C(=O)OC(C)(C)C)CC(C)C1Oc1ncnc(Nc2ccc(C#N)cc2Cl)c1C. The quantitative estimate of drug-likeness (QED) is 0.578. The van der Waals surface area contributed by atoms with Gasteiger partial charge in [0.25, 0.3) is 0 Å². The second-order valence-corrected chi connectivity index (χ2v) is 10.1. The lowest BCUT2D eigenvalue weighted by Crippen LogP contribution is -2.53. The number of ether oxygens (including phenoxy) is 2. The molecule has 0 bridgehead atoms. The van der Waals surface area contributed by atoms with E-state index in [0.717, 1.165) is 12.0 Å². The van der Waals surface area contributed by atoms with Gasteiger partial charge in [-0.1, -0.05) is 25.4 Å². The maximum atomic E-state index is 12.6. The Morgan fingerprint density at radius 3 is 2.68 bits per heavy atom. The molecule has 1 aliphatic rings. The van der Waals surface area contributed by atoms with E-state index in [1.807, 2.05) is 27.7 Å². The van der Waals surface area contributed by atoms with Crippen molar-refractivity contribution in [2.24, 2.45) is 11.8 Å². The summed E-state index contributed by atoms with van der Waals surface area (Å²) in [5, 5.41) is 12.7. The Labute approximate surface area is 206 Å². The highest BCUT2D eigenvalue weighted by Gasteiger charge is 2.39. The van der Waals surface area contributed by atoms with Crippen LogP contribution in [0.25, 0.3) is 0 Å². The van der Waals surface area contributed by atoms with Gasteiger partial charge in [-0.2, -0.15) is 5.26 Å². The van der Waals surface area contributed by atoms with E-state index in [4.69, 9.17) is 26.3 Å². The Balaban J connectivity index is 1.76. The summed E-state index contributed by atoms with van der Waals surface area (Å²) < 4.78 is 12.0. The molecule has 3 unspecified atom stereocenters. The van der Waals surface area contributed by atoms with Crippen LogP contribution in [0.15, 0.2) is 24.5 Å². The number of carbonyl (C=O) groups excluding carboxylic acids is 1. The highest BCUT2D eigenvalue weighted by atomic mass is 35.5. The number of benzene rings is 1. The second-order valence-electron chi connectivity index (χ2n) is 9.70. The first-order valence-electron chi connectivity index (χ1n) is 11.4. The van der Waals surface area contributed by atoms with Crippen LogP contribution in [0.2, 0.25) is 5.02 Å². The highest BCUT2D eigenvalue weighted by molar-refractivity contribution is 6.33. The number of piperidine rings is 1. The molecule has 182 valence electrons. The molecule has 0 radical (unpaired) electrons. The Kier molecular flexibility index (Phi) is 7.88. The Morgan fingerprint density at radius 1 is 1.32 bits per heavy atom. The Hall–Kier alpha value is -3.05. The summed E-state index contributed by atoms with van der Waals surface area (Å²) in [6, 6.07) is 7.10. The van der Waals surface area contributed by atoms with Gasteiger partial charge in [-0.3, -0.25) is 0 Å². The van der Waals surface area contributed by atoms with E-state index in [9.17, 15) is 4.79 Å². The summed E-state index contributed by atoms with van der Waals surface area (Å²) >= 11 is 6.31. The number of aromatic nitrogens is 2. The minimum absolute atomic E-state index is 0.0879. The van der Waals surface area contributed by atoms with E-state index in [1.54, 1.807) is 23.1 Å². The Morgan fingerprint density at radius 2 is 2.06 bits per heavy atom. The summed E-state index contributed by atoms with van der Waals surface area (Å²) in [5.74, 6) is 1.28. The molecule has 34 heavy (non-hydrogen) atoms. The van der Waals surface area contributed by atoms with Crippen molar-refractivity contribution in [2.45, 2.75) is 59.7 Å². The van der Waals surface area contributed by atoms with Crippen LogP contribution in [0.1, 0.15) is 52.2 Å². The van der Waals surface area contributed by atoms with E-state index in [2.05, 4.69) is 35.2 Å². The third-order valence-corrected chi connectivity index (χ3v) is 6.11. The normalized spacial score (nSPS) is 20.4. The minimum atomic E-state index is -0.533. The van der Waals surface area contributed by atoms with Crippen LogP contribution in [-0.4, -0.2) is 45.8 Å². The van der Waals surface area contributed by atoms with Crippen molar-refractivity contribution in [3.8, 4) is 11.9 Å². The van der Waals surface area contributed by atoms with Crippen molar-refractivity contribution in [1.82, 2.24) is 14.9 Å². The molecule has 1 aromatic carbocycles. The standard InChI is InChI=1S/C25H32ClN5O3/c1-7-18-13-31(24(32)34-25(4,5)6)12-15(2)21(18)33-23-16(3)22(28-14-29-23)30-20-9-8-17(11-27)10-19(20)26/h8-10,14-15,18,21H,7,12-13H2,1-6H3,(H,28,29,30). The number of anilines is 2. The number of nitriles is 1. The number of amides is 1. The molecule has 2 heterocycles. The van der Waals surface area contributed by atoms with Gasteiger partial charge < -0.3 is 19.7 Å². The van der Waals surface area contributed by atoms with Crippen molar-refractivity contribution in [2.75, 3.05) is 18.4 Å². The van der Waals surface area contributed by atoms with Crippen LogP contribution in [0.4, 0.5) is 16.3 Å². The van der Waals surface area contributed by atoms with Crippen LogP contribution in [0, 0.1) is 30.1 Å². The van der Waals surface area contributed by atoms with Gasteiger partial charge in [0.15, 0.2) is 0 Å². The number of carbonyl (C=O) groups is 1. The van der Waals surface area contributed by atoms with Crippen LogP contribution in [0.3, 0.4) is 0 Å². The maximum absolute atomic E-state index is 12.6. The van der Waals surface area contributed by atoms with Crippen molar-refractivity contribution >= 4 is 29.2 Å². The average molecular weight is 486 g/mol. The van der Waals surface area contributed by atoms with E-state index in [-0.39, 0.29) is 24.0 Å². The highest BCUT2D eigenvalue weighted by Crippen LogP contribution is 2.33. The summed E-state index contributed by atoms with van der Waals surface area (Å²) in [7, 11) is 0. The van der Waals surface area contributed by atoms with E-state index >= 15 is 0 Å². The predicted molar refractivity (Wildman–Crippen MR) is 131 cm³/mol. The summed E-state index contributed by atoms with van der Waals surface area (Å²) in [6.45, 7) is 12.8. The molecule has 1 fully saturated rings. The molecule has 1 saturated heterocycles. The number of hydrogen-bond acceptors (Lipinski definition) is 7. The third-order valence-electron chi connectivity index (χ3n) is 5.80. The van der Waals surface area contributed by atoms with Gasteiger partial charge in [0.2, 0.25) is 5.88 Å². The molecule has 0 spiro atoms. The zero-order valence-electron chi connectivity index (χ0n) is 20.6. The molecule has 1 aromatic heterocycles. The van der Waals surface area contributed by atoms with E-state index in [0.29, 0.717) is 41.1 Å². The minimum Gasteiger partial charge on any atom is -0.473 e. The van der Waals surface area contributed by atoms with Crippen molar-refractivity contribution in [1.29, 1.82) is 5.26 Å². The van der Waals surface area contributed by atoms with Crippen LogP contribution in [-0.2, 0) is 4.74 Å². The van der Waals surface area contributed by atoms with Gasteiger partial charge in [-0.25, -0.2) is 14.8 Å². The van der Waals surface area contributed by atoms with Gasteiger partial charge in [0, 0.05) is 24.9 Å². The van der Waals surface area contributed by atoms with Gasteiger partial charge in [-0.15, -0.1) is 0 Å². The monoisotopic (exact) mass is 485 g/mol. The second kappa shape index (κ2) is 10.5. The van der Waals surface area contributed by atoms with Gasteiger partial charge in [0.05, 0.1) is 27.9 Å². The first kappa shape index (κ1) is 25.6. The first-order chi connectivity index (χ1) is 16.0. The molecular weight excluding hydrogens is 454 g/mol. The zero-order chi connectivity index (χ0) is 25.0. The Bertz CT molecular complexity index is 1080. The summed E-state index contributed by atoms with van der Waals surface area (Å²) in [4.78, 5) is 23.1. The number of likely N-dealkylation sites (tertiary alicyclic amines) is 1. The van der Waals surface area contributed by atoms with E-state index < -0.39 is 5.60 Å². The molecule has 9 heteroatoms. The number of nitrogens with one attached hydrogen (secondary N) is 1. The zero-order valence-corrected chi connectivity index (χ0v) is 21.3. The lowest BCUT2D eigenvalue weighted by atomic mass is 9.85. The van der Waals surface area contributed by atoms with Crippen molar-refractivity contribution < 1.29 is 14.3 Å². The fourth-order valence-electron chi connectivity index (χ4n) is 4.05. The smallest absolute Gasteiger partial charge is 0.410 e. The maximum Gasteiger partial charge on any atom is 0.410 e. The van der Waals surface area contributed by atoms with Crippen molar-refractivity contribution in [3.63, 3.8) is 0 Å². The molecule has 2 aromatic rings. The van der Waals surface area contributed by atoms with Gasteiger partial charge in [0.1, 0.15) is 23.9 Å². The van der Waals surface area contributed by atoms with Gasteiger partial charge in [-0.05, 0) is 52.3 Å². The molecule has 1 N–H and O–H groups in total. The van der Waals surface area contributed by atoms with E-state index in [1.165, 1.54) is 6.33 Å². The molecule has 3 rings (SSSR count).